The molecule has 0 aliphatic rings. The van der Waals surface area contributed by atoms with Crippen molar-refractivity contribution in [3.63, 3.8) is 0 Å². The van der Waals surface area contributed by atoms with E-state index in [9.17, 15) is 9.59 Å². The van der Waals surface area contributed by atoms with Crippen LogP contribution in [-0.4, -0.2) is 18.4 Å². The van der Waals surface area contributed by atoms with Crippen molar-refractivity contribution in [3.05, 3.63) is 34.9 Å². The van der Waals surface area contributed by atoms with Gasteiger partial charge in [-0.15, -0.1) is 0 Å². The van der Waals surface area contributed by atoms with Gasteiger partial charge in [-0.2, -0.15) is 0 Å². The lowest BCUT2D eigenvalue weighted by Gasteiger charge is -2.09. The molecule has 0 aliphatic carbocycles. The highest BCUT2D eigenvalue weighted by molar-refractivity contribution is 6.35. The molecule has 1 unspecified atom stereocenters. The van der Waals surface area contributed by atoms with Gasteiger partial charge >= 0.3 is 5.97 Å². The van der Waals surface area contributed by atoms with E-state index in [1.54, 1.807) is 38.1 Å². The van der Waals surface area contributed by atoms with E-state index in [1.807, 2.05) is 0 Å². The molecule has 0 spiro atoms. The van der Waals surface area contributed by atoms with Gasteiger partial charge in [0.15, 0.2) is 0 Å². The molecule has 0 aromatic heterocycles. The molecule has 0 saturated carbocycles. The summed E-state index contributed by atoms with van der Waals surface area (Å²) in [6, 6.07) is 6.83. The Balaban J connectivity index is 2.77. The second kappa shape index (κ2) is 5.66. The number of rotatable bonds is 4. The highest BCUT2D eigenvalue weighted by atomic mass is 35.5. The summed E-state index contributed by atoms with van der Waals surface area (Å²) in [4.78, 5) is 22.8. The molecular weight excluding hydrogens is 228 g/mol. The SMILES string of the molecule is CCOC(=O)C(=O)C(C)c1ccc(Cl)cc1. The molecule has 3 nitrogen and oxygen atoms in total. The van der Waals surface area contributed by atoms with Crippen LogP contribution >= 0.6 is 11.6 Å². The van der Waals surface area contributed by atoms with Gasteiger partial charge in [-0.05, 0) is 24.6 Å². The summed E-state index contributed by atoms with van der Waals surface area (Å²) in [5.74, 6) is -1.83. The van der Waals surface area contributed by atoms with Gasteiger partial charge in [-0.3, -0.25) is 4.79 Å². The van der Waals surface area contributed by atoms with Crippen LogP contribution in [0.5, 0.6) is 0 Å². The summed E-state index contributed by atoms with van der Waals surface area (Å²) in [7, 11) is 0. The topological polar surface area (TPSA) is 43.4 Å². The number of carbonyl (C=O) groups is 2. The summed E-state index contributed by atoms with van der Waals surface area (Å²) < 4.78 is 4.66. The van der Waals surface area contributed by atoms with Crippen LogP contribution in [0.25, 0.3) is 0 Å². The minimum atomic E-state index is -0.787. The number of hydrogen-bond acceptors (Lipinski definition) is 3. The van der Waals surface area contributed by atoms with Crippen molar-refractivity contribution in [2.45, 2.75) is 19.8 Å². The van der Waals surface area contributed by atoms with Crippen molar-refractivity contribution in [2.75, 3.05) is 6.61 Å². The van der Waals surface area contributed by atoms with E-state index in [0.29, 0.717) is 5.02 Å². The number of Topliss-reactive ketones (excluding diaryl/α,β-unsaturated/α-hetero) is 1. The minimum Gasteiger partial charge on any atom is -0.460 e. The second-order valence-electron chi connectivity index (χ2n) is 3.36. The first-order chi connectivity index (χ1) is 7.56. The molecule has 1 aromatic rings. The lowest BCUT2D eigenvalue weighted by molar-refractivity contribution is -0.154. The van der Waals surface area contributed by atoms with Crippen molar-refractivity contribution < 1.29 is 14.3 Å². The maximum absolute atomic E-state index is 11.6. The zero-order valence-electron chi connectivity index (χ0n) is 9.20. The Morgan fingerprint density at radius 3 is 2.38 bits per heavy atom. The predicted octanol–water partition coefficient (Wildman–Crippen LogP) is 2.58. The monoisotopic (exact) mass is 240 g/mol. The molecule has 86 valence electrons. The Bertz CT molecular complexity index is 384. The number of halogens is 1. The van der Waals surface area contributed by atoms with Crippen molar-refractivity contribution in [3.8, 4) is 0 Å². The number of ketones is 1. The number of esters is 1. The third-order valence-electron chi connectivity index (χ3n) is 2.24. The normalized spacial score (nSPS) is 11.9. The Morgan fingerprint density at radius 2 is 1.88 bits per heavy atom. The minimum absolute atomic E-state index is 0.206. The van der Waals surface area contributed by atoms with E-state index in [1.165, 1.54) is 0 Å². The quantitative estimate of drug-likeness (QED) is 0.600. The van der Waals surface area contributed by atoms with Gasteiger partial charge in [0.1, 0.15) is 0 Å². The van der Waals surface area contributed by atoms with Gasteiger partial charge in [0.05, 0.1) is 12.5 Å². The molecule has 1 rings (SSSR count). The largest absolute Gasteiger partial charge is 0.460 e. The molecule has 0 N–H and O–H groups in total. The smallest absolute Gasteiger partial charge is 0.375 e. The molecule has 0 radical (unpaired) electrons. The average Bonchev–Trinajstić information content (AvgIpc) is 2.28. The molecular formula is C12H13ClO3. The summed E-state index contributed by atoms with van der Waals surface area (Å²) in [6.07, 6.45) is 0. The van der Waals surface area contributed by atoms with Gasteiger partial charge in [-0.25, -0.2) is 4.79 Å². The molecule has 0 heterocycles. The summed E-state index contributed by atoms with van der Waals surface area (Å²) in [5, 5.41) is 0.597. The van der Waals surface area contributed by atoms with Gasteiger partial charge < -0.3 is 4.74 Å². The zero-order valence-corrected chi connectivity index (χ0v) is 9.95. The lowest BCUT2D eigenvalue weighted by Crippen LogP contribution is -2.22. The second-order valence-corrected chi connectivity index (χ2v) is 3.79. The standard InChI is InChI=1S/C12H13ClO3/c1-3-16-12(15)11(14)8(2)9-4-6-10(13)7-5-9/h4-8H,3H2,1-2H3. The third kappa shape index (κ3) is 3.07. The van der Waals surface area contributed by atoms with Gasteiger partial charge in [-0.1, -0.05) is 30.7 Å². The summed E-state index contributed by atoms with van der Waals surface area (Å²) in [5.41, 5.74) is 0.752. The molecule has 1 aromatic carbocycles. The van der Waals surface area contributed by atoms with Crippen molar-refractivity contribution in [1.29, 1.82) is 0 Å². The summed E-state index contributed by atoms with van der Waals surface area (Å²) in [6.45, 7) is 3.54. The van der Waals surface area contributed by atoms with E-state index < -0.39 is 17.7 Å². The van der Waals surface area contributed by atoms with Gasteiger partial charge in [0.25, 0.3) is 0 Å². The number of benzene rings is 1. The highest BCUT2D eigenvalue weighted by Gasteiger charge is 2.23. The molecule has 0 bridgehead atoms. The van der Waals surface area contributed by atoms with Gasteiger partial charge in [0.2, 0.25) is 5.78 Å². The fraction of sp³-hybridized carbons (Fsp3) is 0.333. The van der Waals surface area contributed by atoms with E-state index in [-0.39, 0.29) is 6.61 Å². The predicted molar refractivity (Wildman–Crippen MR) is 61.5 cm³/mol. The zero-order chi connectivity index (χ0) is 12.1. The molecule has 0 saturated heterocycles. The van der Waals surface area contributed by atoms with Crippen molar-refractivity contribution in [2.24, 2.45) is 0 Å². The maximum Gasteiger partial charge on any atom is 0.375 e. The number of carbonyl (C=O) groups excluding carboxylic acids is 2. The first kappa shape index (κ1) is 12.7. The first-order valence-corrected chi connectivity index (χ1v) is 5.40. The van der Waals surface area contributed by atoms with E-state index in [2.05, 4.69) is 4.74 Å². The molecule has 0 fully saturated rings. The van der Waals surface area contributed by atoms with Crippen molar-refractivity contribution >= 4 is 23.4 Å². The van der Waals surface area contributed by atoms with Crippen LogP contribution in [0.15, 0.2) is 24.3 Å². The average molecular weight is 241 g/mol. The van der Waals surface area contributed by atoms with Crippen LogP contribution < -0.4 is 0 Å². The van der Waals surface area contributed by atoms with Crippen LogP contribution in [0.2, 0.25) is 5.02 Å². The Hall–Kier alpha value is -1.35. The first-order valence-electron chi connectivity index (χ1n) is 5.02. The van der Waals surface area contributed by atoms with E-state index in [0.717, 1.165) is 5.56 Å². The fourth-order valence-corrected chi connectivity index (χ4v) is 1.41. The van der Waals surface area contributed by atoms with Crippen molar-refractivity contribution in [1.82, 2.24) is 0 Å². The molecule has 1 atom stereocenters. The van der Waals surface area contributed by atoms with Crippen LogP contribution in [-0.2, 0) is 14.3 Å². The number of ether oxygens (including phenoxy) is 1. The highest BCUT2D eigenvalue weighted by Crippen LogP contribution is 2.19. The van der Waals surface area contributed by atoms with E-state index in [4.69, 9.17) is 11.6 Å². The van der Waals surface area contributed by atoms with Crippen LogP contribution in [0.3, 0.4) is 0 Å². The molecule has 0 aliphatic heterocycles. The Labute approximate surface area is 99.4 Å². The van der Waals surface area contributed by atoms with Gasteiger partial charge in [0, 0.05) is 5.02 Å². The lowest BCUT2D eigenvalue weighted by atomic mass is 9.97. The third-order valence-corrected chi connectivity index (χ3v) is 2.49. The Morgan fingerprint density at radius 1 is 1.31 bits per heavy atom. The van der Waals surface area contributed by atoms with Crippen LogP contribution in [0, 0.1) is 0 Å². The van der Waals surface area contributed by atoms with E-state index >= 15 is 0 Å². The van der Waals surface area contributed by atoms with Crippen LogP contribution in [0.4, 0.5) is 0 Å². The number of hydrogen-bond donors (Lipinski definition) is 0. The molecule has 0 amide bonds. The van der Waals surface area contributed by atoms with Crippen LogP contribution in [0.1, 0.15) is 25.3 Å². The summed E-state index contributed by atoms with van der Waals surface area (Å²) >= 11 is 5.73. The fourth-order valence-electron chi connectivity index (χ4n) is 1.28. The maximum atomic E-state index is 11.6. The molecule has 4 heteroatoms. The molecule has 16 heavy (non-hydrogen) atoms. The Kier molecular flexibility index (Phi) is 4.50.